The van der Waals surface area contributed by atoms with Gasteiger partial charge >= 0.3 is 0 Å². The van der Waals surface area contributed by atoms with E-state index < -0.39 is 6.17 Å². The monoisotopic (exact) mass is 337 g/mol. The first-order valence-corrected chi connectivity index (χ1v) is 7.64. The van der Waals surface area contributed by atoms with Gasteiger partial charge in [-0.1, -0.05) is 0 Å². The minimum Gasteiger partial charge on any atom is -0.398 e. The maximum Gasteiger partial charge on any atom is 0.231 e. The molecule has 0 amide bonds. The second-order valence-corrected chi connectivity index (χ2v) is 5.44. The molecule has 1 aromatic carbocycles. The summed E-state index contributed by atoms with van der Waals surface area (Å²) in [6, 6.07) is 7.12. The minimum atomic E-state index is -0.416. The van der Waals surface area contributed by atoms with E-state index in [0.717, 1.165) is 5.39 Å². The molecule has 0 aliphatic rings. The average Bonchev–Trinajstić information content (AvgIpc) is 3.04. The van der Waals surface area contributed by atoms with E-state index in [2.05, 4.69) is 25.6 Å². The van der Waals surface area contributed by atoms with Gasteiger partial charge in [-0.2, -0.15) is 9.97 Å². The highest BCUT2D eigenvalue weighted by molar-refractivity contribution is 5.89. The quantitative estimate of drug-likeness (QED) is 0.198. The van der Waals surface area contributed by atoms with Gasteiger partial charge in [-0.25, -0.2) is 0 Å². The third-order valence-corrected chi connectivity index (χ3v) is 3.61. The van der Waals surface area contributed by atoms with Crippen LogP contribution in [-0.4, -0.2) is 33.5 Å². The van der Waals surface area contributed by atoms with Gasteiger partial charge in [-0.3, -0.25) is 0 Å². The van der Waals surface area contributed by atoms with Gasteiger partial charge in [0.05, 0.1) is 11.6 Å². The van der Waals surface area contributed by atoms with Crippen LogP contribution in [0.1, 0.15) is 12.0 Å². The molecular weight excluding hydrogens is 318 g/mol. The summed E-state index contributed by atoms with van der Waals surface area (Å²) in [5.41, 5.74) is 14.3. The number of nitrogen functional groups attached to an aromatic ring is 1. The van der Waals surface area contributed by atoms with Gasteiger partial charge in [0.2, 0.25) is 5.95 Å². The normalized spacial score (nSPS) is 11.9. The number of nitrogens with zero attached hydrogens (tertiary/aromatic N) is 2. The van der Waals surface area contributed by atoms with Crippen molar-refractivity contribution in [2.45, 2.75) is 12.6 Å². The molecule has 0 saturated heterocycles. The maximum atomic E-state index is 7.29. The van der Waals surface area contributed by atoms with Crippen molar-refractivity contribution in [3.8, 4) is 0 Å². The Bertz CT molecular complexity index is 915. The minimum absolute atomic E-state index is 0.376. The number of hydrogen-bond acceptors (Lipinski definition) is 8. The lowest BCUT2D eigenvalue weighted by molar-refractivity contribution is 0.796. The molecule has 9 N–H and O–H groups in total. The second-order valence-electron chi connectivity index (χ2n) is 5.44. The van der Waals surface area contributed by atoms with Gasteiger partial charge in [0, 0.05) is 35.8 Å². The molecular formula is C16H19N9. The molecule has 0 fully saturated rings. The Kier molecular flexibility index (Phi) is 4.57. The lowest BCUT2D eigenvalue weighted by atomic mass is 10.2. The van der Waals surface area contributed by atoms with Gasteiger partial charge in [0.25, 0.3) is 0 Å². The van der Waals surface area contributed by atoms with Gasteiger partial charge in [0.15, 0.2) is 0 Å². The van der Waals surface area contributed by atoms with E-state index in [9.17, 15) is 0 Å². The van der Waals surface area contributed by atoms with E-state index in [1.807, 2.05) is 6.07 Å². The van der Waals surface area contributed by atoms with Gasteiger partial charge < -0.3 is 37.9 Å². The molecule has 0 saturated carbocycles. The molecule has 2 aromatic heterocycles. The van der Waals surface area contributed by atoms with E-state index in [1.54, 1.807) is 24.4 Å². The summed E-state index contributed by atoms with van der Waals surface area (Å²) in [6.07, 6.45) is 4.20. The predicted molar refractivity (Wildman–Crippen MR) is 101 cm³/mol. The first-order valence-electron chi connectivity index (χ1n) is 7.64. The molecule has 128 valence electrons. The Morgan fingerprint density at radius 1 is 1.24 bits per heavy atom. The molecule has 3 rings (SSSR count). The smallest absolute Gasteiger partial charge is 0.231 e. The fourth-order valence-corrected chi connectivity index (χ4v) is 2.38. The summed E-state index contributed by atoms with van der Waals surface area (Å²) in [5, 5.41) is 21.4. The van der Waals surface area contributed by atoms with Crippen molar-refractivity contribution < 1.29 is 0 Å². The van der Waals surface area contributed by atoms with Crippen molar-refractivity contribution >= 4 is 46.6 Å². The third-order valence-electron chi connectivity index (χ3n) is 3.61. The van der Waals surface area contributed by atoms with Crippen LogP contribution in [0, 0.1) is 10.8 Å². The van der Waals surface area contributed by atoms with Crippen LogP contribution in [0.25, 0.3) is 11.0 Å². The molecule has 9 nitrogen and oxygen atoms in total. The highest BCUT2D eigenvalue weighted by Gasteiger charge is 2.11. The lowest BCUT2D eigenvalue weighted by Crippen LogP contribution is -2.30. The summed E-state index contributed by atoms with van der Waals surface area (Å²) in [5.74, 6) is 0.952. The first kappa shape index (κ1) is 16.4. The fraction of sp³-hybridized carbons (Fsp3) is 0.125. The SMILES string of the molecule is N=CCC(N)Nc1nc(Nc2ccc(C=N)c(N)c2)nc2[nH]ccc12. The number of rotatable bonds is 7. The van der Waals surface area contributed by atoms with Crippen LogP contribution < -0.4 is 22.1 Å². The van der Waals surface area contributed by atoms with Crippen LogP contribution in [0.4, 0.5) is 23.1 Å². The summed E-state index contributed by atoms with van der Waals surface area (Å²) < 4.78 is 0. The molecule has 3 aromatic rings. The number of hydrogen-bond donors (Lipinski definition) is 7. The van der Waals surface area contributed by atoms with Gasteiger partial charge in [-0.05, 0) is 30.5 Å². The van der Waals surface area contributed by atoms with Crippen LogP contribution in [0.5, 0.6) is 0 Å². The summed E-state index contributed by atoms with van der Waals surface area (Å²) >= 11 is 0. The van der Waals surface area contributed by atoms with E-state index >= 15 is 0 Å². The van der Waals surface area contributed by atoms with E-state index in [1.165, 1.54) is 12.4 Å². The zero-order valence-corrected chi connectivity index (χ0v) is 13.4. The van der Waals surface area contributed by atoms with E-state index in [-0.39, 0.29) is 0 Å². The van der Waals surface area contributed by atoms with Gasteiger partial charge in [-0.15, -0.1) is 0 Å². The predicted octanol–water partition coefficient (Wildman–Crippen LogP) is 2.02. The molecule has 2 heterocycles. The Balaban J connectivity index is 1.92. The van der Waals surface area contributed by atoms with Crippen LogP contribution in [0.3, 0.4) is 0 Å². The lowest BCUT2D eigenvalue weighted by Gasteiger charge is -2.14. The number of aromatic nitrogens is 3. The largest absolute Gasteiger partial charge is 0.398 e. The van der Waals surface area contributed by atoms with Crippen LogP contribution in [0.15, 0.2) is 30.5 Å². The van der Waals surface area contributed by atoms with Crippen molar-refractivity contribution in [3.63, 3.8) is 0 Å². The Labute approximate surface area is 143 Å². The standard InChI is InChI=1S/C16H19N9/c17-5-3-13(20)23-15-11-4-6-21-14(11)24-16(25-15)22-10-2-1-9(8-18)12(19)7-10/h1-2,4-8,13,17-18H,3,19-20H2,(H3,21,22,23,24,25). The summed E-state index contributed by atoms with van der Waals surface area (Å²) in [6.45, 7) is 0. The molecule has 0 bridgehead atoms. The first-order chi connectivity index (χ1) is 12.1. The van der Waals surface area contributed by atoms with Crippen LogP contribution in [0.2, 0.25) is 0 Å². The number of anilines is 4. The molecule has 0 aliphatic carbocycles. The maximum absolute atomic E-state index is 7.29. The van der Waals surface area contributed by atoms with E-state index in [0.29, 0.717) is 40.8 Å². The number of benzene rings is 1. The summed E-state index contributed by atoms with van der Waals surface area (Å²) in [4.78, 5) is 11.9. The molecule has 25 heavy (non-hydrogen) atoms. The number of nitrogens with two attached hydrogens (primary N) is 2. The van der Waals surface area contributed by atoms with Crippen molar-refractivity contribution in [2.24, 2.45) is 5.73 Å². The fourth-order valence-electron chi connectivity index (χ4n) is 2.38. The van der Waals surface area contributed by atoms with Crippen LogP contribution in [-0.2, 0) is 0 Å². The van der Waals surface area contributed by atoms with Crippen LogP contribution >= 0.6 is 0 Å². The van der Waals surface area contributed by atoms with E-state index in [4.69, 9.17) is 22.3 Å². The highest BCUT2D eigenvalue weighted by Crippen LogP contribution is 2.24. The zero-order chi connectivity index (χ0) is 17.8. The Hall–Kier alpha value is -3.46. The number of H-pyrrole nitrogens is 1. The second kappa shape index (κ2) is 6.97. The van der Waals surface area contributed by atoms with Crippen molar-refractivity contribution in [2.75, 3.05) is 16.4 Å². The highest BCUT2D eigenvalue weighted by atomic mass is 15.2. The zero-order valence-electron chi connectivity index (χ0n) is 13.4. The number of aromatic amines is 1. The molecule has 0 spiro atoms. The topological polar surface area (TPSA) is 165 Å². The molecule has 1 unspecified atom stereocenters. The van der Waals surface area contributed by atoms with Crippen molar-refractivity contribution in [3.05, 3.63) is 36.0 Å². The molecule has 0 aliphatic heterocycles. The average molecular weight is 337 g/mol. The Morgan fingerprint density at radius 2 is 2.08 bits per heavy atom. The van der Waals surface area contributed by atoms with Crippen molar-refractivity contribution in [1.29, 1.82) is 10.8 Å². The number of fused-ring (bicyclic) bond motifs is 1. The van der Waals surface area contributed by atoms with Gasteiger partial charge in [0.1, 0.15) is 11.5 Å². The molecule has 1 atom stereocenters. The third kappa shape index (κ3) is 3.56. The molecule has 0 radical (unpaired) electrons. The number of nitrogens with one attached hydrogen (secondary N) is 5. The summed E-state index contributed by atoms with van der Waals surface area (Å²) in [7, 11) is 0. The Morgan fingerprint density at radius 3 is 2.80 bits per heavy atom. The van der Waals surface area contributed by atoms with Crippen molar-refractivity contribution in [1.82, 2.24) is 15.0 Å². The molecule has 9 heteroatoms.